The second kappa shape index (κ2) is 5.11. The molecule has 1 spiro atoms. The predicted octanol–water partition coefficient (Wildman–Crippen LogP) is 1.78. The normalized spacial score (nSPS) is 20.7. The van der Waals surface area contributed by atoms with Gasteiger partial charge in [0.25, 0.3) is 0 Å². The number of hydrogen-bond donors (Lipinski definition) is 3. The van der Waals surface area contributed by atoms with Crippen molar-refractivity contribution in [1.29, 1.82) is 0 Å². The maximum absolute atomic E-state index is 13.7. The lowest BCUT2D eigenvalue weighted by molar-refractivity contribution is 0.305. The second-order valence-electron chi connectivity index (χ2n) is 5.58. The van der Waals surface area contributed by atoms with Gasteiger partial charge in [-0.15, -0.1) is 0 Å². The van der Waals surface area contributed by atoms with Crippen molar-refractivity contribution in [3.05, 3.63) is 23.8 Å². The molecule has 1 saturated carbocycles. The molecule has 0 atom stereocenters. The van der Waals surface area contributed by atoms with E-state index in [9.17, 15) is 13.9 Å². The fraction of sp³-hybridized carbons (Fsp3) is 0.429. The van der Waals surface area contributed by atoms with Crippen molar-refractivity contribution in [2.45, 2.75) is 37.8 Å². The van der Waals surface area contributed by atoms with E-state index in [0.717, 1.165) is 31.4 Å². The highest BCUT2D eigenvalue weighted by Crippen LogP contribution is 2.40. The van der Waals surface area contributed by atoms with E-state index in [-0.39, 0.29) is 17.6 Å². The Morgan fingerprint density at radius 3 is 2.27 bits per heavy atom. The molecule has 2 aliphatic rings. The van der Waals surface area contributed by atoms with E-state index < -0.39 is 23.0 Å². The first-order chi connectivity index (χ1) is 10.4. The van der Waals surface area contributed by atoms with Crippen LogP contribution in [0.5, 0.6) is 5.75 Å². The van der Waals surface area contributed by atoms with E-state index >= 15 is 0 Å². The third kappa shape index (κ3) is 2.24. The fourth-order valence-corrected chi connectivity index (χ4v) is 3.18. The van der Waals surface area contributed by atoms with Gasteiger partial charge in [0.15, 0.2) is 17.4 Å². The van der Waals surface area contributed by atoms with E-state index in [1.54, 1.807) is 0 Å². The van der Waals surface area contributed by atoms with Gasteiger partial charge in [0.1, 0.15) is 5.66 Å². The Morgan fingerprint density at radius 2 is 1.68 bits per heavy atom. The number of aliphatic imine (C=N–C) groups is 2. The molecule has 1 aromatic carbocycles. The SMILES string of the molecule is NC1=NC2(CCCCC2)N(c2cc(F)c(O)c(F)c2)C(N)=N1. The number of benzene rings is 1. The Balaban J connectivity index is 2.12. The minimum absolute atomic E-state index is 0.0406. The Bertz CT molecular complexity index is 644. The largest absolute Gasteiger partial charge is 0.503 e. The zero-order valence-electron chi connectivity index (χ0n) is 11.9. The molecule has 1 fully saturated rings. The average Bonchev–Trinajstić information content (AvgIpc) is 2.44. The number of phenols is 1. The molecular weight excluding hydrogens is 292 g/mol. The van der Waals surface area contributed by atoms with Crippen LogP contribution in [0.1, 0.15) is 32.1 Å². The molecule has 118 valence electrons. The van der Waals surface area contributed by atoms with Crippen molar-refractivity contribution in [3.63, 3.8) is 0 Å². The van der Waals surface area contributed by atoms with Gasteiger partial charge in [-0.1, -0.05) is 6.42 Å². The lowest BCUT2D eigenvalue weighted by Crippen LogP contribution is -2.58. The van der Waals surface area contributed by atoms with E-state index in [1.165, 1.54) is 4.90 Å². The summed E-state index contributed by atoms with van der Waals surface area (Å²) in [5.41, 5.74) is 11.1. The third-order valence-corrected chi connectivity index (χ3v) is 4.11. The summed E-state index contributed by atoms with van der Waals surface area (Å²) in [6.07, 6.45) is 4.19. The van der Waals surface area contributed by atoms with Crippen molar-refractivity contribution in [2.75, 3.05) is 4.90 Å². The van der Waals surface area contributed by atoms with Gasteiger partial charge in [0, 0.05) is 12.1 Å². The molecule has 1 aromatic rings. The van der Waals surface area contributed by atoms with E-state index in [4.69, 9.17) is 11.5 Å². The molecule has 22 heavy (non-hydrogen) atoms. The number of hydrogen-bond acceptors (Lipinski definition) is 6. The lowest BCUT2D eigenvalue weighted by Gasteiger charge is -2.45. The molecule has 1 aliphatic heterocycles. The van der Waals surface area contributed by atoms with E-state index in [2.05, 4.69) is 9.98 Å². The van der Waals surface area contributed by atoms with Crippen LogP contribution in [-0.4, -0.2) is 22.7 Å². The number of rotatable bonds is 1. The summed E-state index contributed by atoms with van der Waals surface area (Å²) >= 11 is 0. The van der Waals surface area contributed by atoms with Crippen LogP contribution in [0.2, 0.25) is 0 Å². The molecule has 0 aromatic heterocycles. The molecular formula is C14H17F2N5O. The summed E-state index contributed by atoms with van der Waals surface area (Å²) < 4.78 is 27.4. The van der Waals surface area contributed by atoms with Crippen LogP contribution in [0.3, 0.4) is 0 Å². The Kier molecular flexibility index (Phi) is 3.38. The Hall–Kier alpha value is -2.38. The lowest BCUT2D eigenvalue weighted by atomic mass is 9.87. The molecule has 1 heterocycles. The molecule has 5 N–H and O–H groups in total. The molecule has 1 aliphatic carbocycles. The monoisotopic (exact) mass is 309 g/mol. The standard InChI is InChI=1S/C14H17F2N5O/c15-9-6-8(7-10(16)11(9)22)21-13(18)19-12(17)20-14(21)4-2-1-3-5-14/h6-7,22H,1-5H2,(H4,17,18,19,20). The number of nitrogens with zero attached hydrogens (tertiary/aromatic N) is 3. The average molecular weight is 309 g/mol. The number of nitrogens with two attached hydrogens (primary N) is 2. The fourth-order valence-electron chi connectivity index (χ4n) is 3.18. The van der Waals surface area contributed by atoms with Crippen molar-refractivity contribution in [2.24, 2.45) is 21.5 Å². The van der Waals surface area contributed by atoms with Gasteiger partial charge in [-0.05, 0) is 25.7 Å². The zero-order chi connectivity index (χ0) is 15.9. The van der Waals surface area contributed by atoms with Crippen LogP contribution in [0.25, 0.3) is 0 Å². The van der Waals surface area contributed by atoms with Crippen LogP contribution in [0.15, 0.2) is 22.1 Å². The van der Waals surface area contributed by atoms with Crippen molar-refractivity contribution >= 4 is 17.6 Å². The molecule has 0 radical (unpaired) electrons. The summed E-state index contributed by atoms with van der Waals surface area (Å²) in [4.78, 5) is 9.83. The molecule has 0 amide bonds. The van der Waals surface area contributed by atoms with Gasteiger partial charge in [-0.25, -0.2) is 13.8 Å². The third-order valence-electron chi connectivity index (χ3n) is 4.11. The van der Waals surface area contributed by atoms with Crippen LogP contribution >= 0.6 is 0 Å². The maximum Gasteiger partial charge on any atom is 0.220 e. The first kappa shape index (κ1) is 14.6. The minimum atomic E-state index is -1.06. The topological polar surface area (TPSA) is 100 Å². The summed E-state index contributed by atoms with van der Waals surface area (Å²) in [7, 11) is 0. The highest BCUT2D eigenvalue weighted by Gasteiger charge is 2.43. The smallest absolute Gasteiger partial charge is 0.220 e. The van der Waals surface area contributed by atoms with Gasteiger partial charge in [-0.3, -0.25) is 4.90 Å². The molecule has 3 rings (SSSR count). The number of guanidine groups is 2. The number of anilines is 1. The van der Waals surface area contributed by atoms with Gasteiger partial charge >= 0.3 is 0 Å². The molecule has 0 bridgehead atoms. The van der Waals surface area contributed by atoms with E-state index in [1.807, 2.05) is 0 Å². The van der Waals surface area contributed by atoms with Crippen LogP contribution in [0.4, 0.5) is 14.5 Å². The highest BCUT2D eigenvalue weighted by molar-refractivity contribution is 6.05. The number of halogens is 2. The Labute approximate surface area is 126 Å². The van der Waals surface area contributed by atoms with E-state index in [0.29, 0.717) is 12.8 Å². The second-order valence-corrected chi connectivity index (χ2v) is 5.58. The quantitative estimate of drug-likeness (QED) is 0.736. The molecule has 6 nitrogen and oxygen atoms in total. The van der Waals surface area contributed by atoms with Crippen LogP contribution in [0, 0.1) is 11.6 Å². The highest BCUT2D eigenvalue weighted by atomic mass is 19.1. The van der Waals surface area contributed by atoms with Crippen molar-refractivity contribution < 1.29 is 13.9 Å². The first-order valence-electron chi connectivity index (χ1n) is 7.11. The molecule has 8 heteroatoms. The zero-order valence-corrected chi connectivity index (χ0v) is 11.9. The summed E-state index contributed by atoms with van der Waals surface area (Å²) in [5.74, 6) is -3.03. The summed E-state index contributed by atoms with van der Waals surface area (Å²) in [5, 5.41) is 9.26. The van der Waals surface area contributed by atoms with Crippen molar-refractivity contribution in [3.8, 4) is 5.75 Å². The van der Waals surface area contributed by atoms with Gasteiger partial charge in [-0.2, -0.15) is 4.99 Å². The molecule has 0 unspecified atom stereocenters. The summed E-state index contributed by atoms with van der Waals surface area (Å²) in [6.45, 7) is 0. The summed E-state index contributed by atoms with van der Waals surface area (Å²) in [6, 6.07) is 2.04. The predicted molar refractivity (Wildman–Crippen MR) is 79.6 cm³/mol. The Morgan fingerprint density at radius 1 is 1.09 bits per heavy atom. The van der Waals surface area contributed by atoms with Crippen LogP contribution in [-0.2, 0) is 0 Å². The number of phenolic OH excluding ortho intramolecular Hbond substituents is 1. The van der Waals surface area contributed by atoms with Crippen molar-refractivity contribution in [1.82, 2.24) is 0 Å². The number of aromatic hydroxyl groups is 1. The molecule has 0 saturated heterocycles. The van der Waals surface area contributed by atoms with Gasteiger partial charge in [0.05, 0.1) is 5.69 Å². The minimum Gasteiger partial charge on any atom is -0.503 e. The maximum atomic E-state index is 13.7. The van der Waals surface area contributed by atoms with Gasteiger partial charge < -0.3 is 16.6 Å². The van der Waals surface area contributed by atoms with Gasteiger partial charge in [0.2, 0.25) is 11.9 Å². The first-order valence-corrected chi connectivity index (χ1v) is 7.11. The van der Waals surface area contributed by atoms with Crippen LogP contribution < -0.4 is 16.4 Å².